The first-order valence-electron chi connectivity index (χ1n) is 10.7. The summed E-state index contributed by atoms with van der Waals surface area (Å²) in [5.74, 6) is 8.17. The van der Waals surface area contributed by atoms with Crippen molar-refractivity contribution in [1.82, 2.24) is 39.8 Å². The standard InChI is InChI=1S/C22H22N10O/c23-28-22-16(20-27-21(30-29-20)19-2-1-9-33-19)12-25-32(22)8-7-31-6-4-18-15(13-31)10-14-11-24-5-3-17(14)26-18/h1-3,5,9-12,28H,4,6-8,13,23H2,(H,27,29,30). The Labute approximate surface area is 188 Å². The molecule has 0 aromatic carbocycles. The lowest BCUT2D eigenvalue weighted by molar-refractivity contribution is 0.239. The molecule has 166 valence electrons. The molecule has 0 unspecified atom stereocenters. The van der Waals surface area contributed by atoms with E-state index in [1.807, 2.05) is 23.0 Å². The van der Waals surface area contributed by atoms with Gasteiger partial charge in [0.2, 0.25) is 0 Å². The van der Waals surface area contributed by atoms with Gasteiger partial charge in [0.15, 0.2) is 17.4 Å². The number of nitrogens with one attached hydrogen (secondary N) is 2. The van der Waals surface area contributed by atoms with Crippen LogP contribution in [0.5, 0.6) is 0 Å². The van der Waals surface area contributed by atoms with Crippen molar-refractivity contribution in [2.45, 2.75) is 19.5 Å². The van der Waals surface area contributed by atoms with Crippen LogP contribution < -0.4 is 11.3 Å². The number of anilines is 1. The van der Waals surface area contributed by atoms with E-state index in [4.69, 9.17) is 15.2 Å². The molecule has 5 aromatic rings. The first-order chi connectivity index (χ1) is 16.3. The van der Waals surface area contributed by atoms with Crippen molar-refractivity contribution in [3.8, 4) is 23.0 Å². The summed E-state index contributed by atoms with van der Waals surface area (Å²) in [4.78, 5) is 15.9. The molecule has 11 heteroatoms. The van der Waals surface area contributed by atoms with Gasteiger partial charge >= 0.3 is 0 Å². The first kappa shape index (κ1) is 19.6. The maximum absolute atomic E-state index is 5.84. The summed E-state index contributed by atoms with van der Waals surface area (Å²) in [7, 11) is 0. The monoisotopic (exact) mass is 442 g/mol. The van der Waals surface area contributed by atoms with Gasteiger partial charge in [0.05, 0.1) is 30.1 Å². The number of aromatic nitrogens is 7. The molecule has 6 heterocycles. The number of rotatable bonds is 6. The lowest BCUT2D eigenvalue weighted by Gasteiger charge is -2.28. The number of pyridine rings is 2. The summed E-state index contributed by atoms with van der Waals surface area (Å²) >= 11 is 0. The highest BCUT2D eigenvalue weighted by atomic mass is 16.3. The van der Waals surface area contributed by atoms with Gasteiger partial charge < -0.3 is 9.84 Å². The van der Waals surface area contributed by atoms with Crippen LogP contribution in [0.3, 0.4) is 0 Å². The maximum Gasteiger partial charge on any atom is 0.192 e. The van der Waals surface area contributed by atoms with E-state index in [2.05, 4.69) is 41.7 Å². The molecule has 0 bridgehead atoms. The Bertz CT molecular complexity index is 1400. The molecule has 33 heavy (non-hydrogen) atoms. The highest BCUT2D eigenvalue weighted by molar-refractivity contribution is 5.78. The quantitative estimate of drug-likeness (QED) is 0.267. The molecular formula is C22H22N10O. The number of hydrazine groups is 1. The van der Waals surface area contributed by atoms with E-state index in [9.17, 15) is 0 Å². The number of H-pyrrole nitrogens is 1. The van der Waals surface area contributed by atoms with Crippen LogP contribution in [0, 0.1) is 0 Å². The summed E-state index contributed by atoms with van der Waals surface area (Å²) in [6, 6.07) is 7.79. The van der Waals surface area contributed by atoms with Crippen LogP contribution in [0.4, 0.5) is 5.82 Å². The van der Waals surface area contributed by atoms with Gasteiger partial charge in [-0.25, -0.2) is 15.5 Å². The number of nitrogen functional groups attached to an aromatic ring is 1. The van der Waals surface area contributed by atoms with Crippen molar-refractivity contribution >= 4 is 16.7 Å². The fourth-order valence-corrected chi connectivity index (χ4v) is 4.24. The first-order valence-corrected chi connectivity index (χ1v) is 10.7. The van der Waals surface area contributed by atoms with Crippen LogP contribution in [0.25, 0.3) is 33.9 Å². The Kier molecular flexibility index (Phi) is 4.82. The predicted molar refractivity (Wildman–Crippen MR) is 122 cm³/mol. The Morgan fingerprint density at radius 3 is 3.03 bits per heavy atom. The number of fused-ring (bicyclic) bond motifs is 2. The van der Waals surface area contributed by atoms with Gasteiger partial charge in [0.1, 0.15) is 5.82 Å². The molecule has 6 rings (SSSR count). The summed E-state index contributed by atoms with van der Waals surface area (Å²) in [6.45, 7) is 3.29. The molecule has 0 saturated heterocycles. The van der Waals surface area contributed by atoms with Crippen LogP contribution in [0.1, 0.15) is 11.3 Å². The average molecular weight is 442 g/mol. The Hall–Kier alpha value is -4.09. The normalized spacial score (nSPS) is 14.0. The second-order valence-electron chi connectivity index (χ2n) is 7.95. The van der Waals surface area contributed by atoms with Crippen molar-refractivity contribution in [2.75, 3.05) is 18.5 Å². The fraction of sp³-hybridized carbons (Fsp3) is 0.227. The highest BCUT2D eigenvalue weighted by Gasteiger charge is 2.20. The minimum absolute atomic E-state index is 0.499. The van der Waals surface area contributed by atoms with Gasteiger partial charge in [-0.2, -0.15) is 10.2 Å². The summed E-state index contributed by atoms with van der Waals surface area (Å²) in [6.07, 6.45) is 7.89. The molecule has 0 fully saturated rings. The van der Waals surface area contributed by atoms with Crippen LogP contribution >= 0.6 is 0 Å². The van der Waals surface area contributed by atoms with Gasteiger partial charge in [0.25, 0.3) is 0 Å². The number of furan rings is 1. The second-order valence-corrected chi connectivity index (χ2v) is 7.95. The summed E-state index contributed by atoms with van der Waals surface area (Å²) in [5.41, 5.74) is 6.91. The number of aromatic amines is 1. The molecule has 1 aliphatic heterocycles. The van der Waals surface area contributed by atoms with E-state index in [1.165, 1.54) is 11.3 Å². The molecule has 0 amide bonds. The lowest BCUT2D eigenvalue weighted by atomic mass is 10.0. The second kappa shape index (κ2) is 8.11. The zero-order chi connectivity index (χ0) is 22.2. The zero-order valence-corrected chi connectivity index (χ0v) is 17.8. The molecule has 5 aromatic heterocycles. The molecule has 0 atom stereocenters. The number of nitrogens with zero attached hydrogens (tertiary/aromatic N) is 7. The molecule has 0 radical (unpaired) electrons. The van der Waals surface area contributed by atoms with Crippen molar-refractivity contribution < 1.29 is 4.42 Å². The highest BCUT2D eigenvalue weighted by Crippen LogP contribution is 2.27. The van der Waals surface area contributed by atoms with Crippen LogP contribution in [0.2, 0.25) is 0 Å². The predicted octanol–water partition coefficient (Wildman–Crippen LogP) is 2.22. The van der Waals surface area contributed by atoms with E-state index in [-0.39, 0.29) is 0 Å². The molecule has 0 aliphatic carbocycles. The minimum atomic E-state index is 0.499. The Morgan fingerprint density at radius 2 is 2.15 bits per heavy atom. The molecule has 4 N–H and O–H groups in total. The van der Waals surface area contributed by atoms with E-state index >= 15 is 0 Å². The molecular weight excluding hydrogens is 420 g/mol. The van der Waals surface area contributed by atoms with Crippen LogP contribution in [0.15, 0.2) is 53.5 Å². The smallest absolute Gasteiger partial charge is 0.192 e. The van der Waals surface area contributed by atoms with E-state index in [0.29, 0.717) is 29.8 Å². The molecule has 0 spiro atoms. The maximum atomic E-state index is 5.84. The van der Waals surface area contributed by atoms with Crippen molar-refractivity contribution in [3.63, 3.8) is 0 Å². The van der Waals surface area contributed by atoms with E-state index in [1.54, 1.807) is 24.7 Å². The van der Waals surface area contributed by atoms with Gasteiger partial charge in [-0.05, 0) is 29.8 Å². The minimum Gasteiger partial charge on any atom is -0.461 e. The van der Waals surface area contributed by atoms with Crippen molar-refractivity contribution in [1.29, 1.82) is 0 Å². The Balaban J connectivity index is 1.18. The molecule has 0 saturated carbocycles. The van der Waals surface area contributed by atoms with Crippen molar-refractivity contribution in [3.05, 3.63) is 60.4 Å². The Morgan fingerprint density at radius 1 is 1.18 bits per heavy atom. The van der Waals surface area contributed by atoms with E-state index < -0.39 is 0 Å². The third-order valence-corrected chi connectivity index (χ3v) is 5.93. The average Bonchev–Trinajstić information content (AvgIpc) is 3.61. The summed E-state index contributed by atoms with van der Waals surface area (Å²) in [5, 5.41) is 12.8. The fourth-order valence-electron chi connectivity index (χ4n) is 4.24. The van der Waals surface area contributed by atoms with Gasteiger partial charge in [-0.15, -0.1) is 0 Å². The lowest BCUT2D eigenvalue weighted by Crippen LogP contribution is -2.34. The largest absolute Gasteiger partial charge is 0.461 e. The van der Waals surface area contributed by atoms with Crippen LogP contribution in [-0.4, -0.2) is 52.9 Å². The van der Waals surface area contributed by atoms with Crippen molar-refractivity contribution in [2.24, 2.45) is 5.84 Å². The van der Waals surface area contributed by atoms with Crippen LogP contribution in [-0.2, 0) is 19.5 Å². The molecule has 1 aliphatic rings. The van der Waals surface area contributed by atoms with Gasteiger partial charge in [-0.1, -0.05) is 0 Å². The van der Waals surface area contributed by atoms with E-state index in [0.717, 1.165) is 42.5 Å². The number of nitrogens with two attached hydrogens (primary N) is 1. The number of hydrogen-bond acceptors (Lipinski definition) is 9. The SMILES string of the molecule is NNc1c(-c2n[nH]c(-c3ccco3)n2)cnn1CCN1CCc2nc3ccncc3cc2C1. The topological polar surface area (TPSA) is 140 Å². The molecule has 11 nitrogen and oxygen atoms in total. The number of hydrogen-bond donors (Lipinski definition) is 3. The zero-order valence-electron chi connectivity index (χ0n) is 17.8. The third kappa shape index (κ3) is 3.62. The van der Waals surface area contributed by atoms with Gasteiger partial charge in [0, 0.05) is 49.5 Å². The van der Waals surface area contributed by atoms with Gasteiger partial charge in [-0.3, -0.25) is 20.0 Å². The third-order valence-electron chi connectivity index (χ3n) is 5.93. The summed E-state index contributed by atoms with van der Waals surface area (Å²) < 4.78 is 7.22.